The summed E-state index contributed by atoms with van der Waals surface area (Å²) >= 11 is 0. The molecule has 7 atom stereocenters. The summed E-state index contributed by atoms with van der Waals surface area (Å²) in [4.78, 5) is 0. The molecule has 0 nitrogen and oxygen atoms in total. The number of hydrogen-bond acceptors (Lipinski definition) is 0. The monoisotopic (exact) mass is 396 g/mol. The molecule has 164 valence electrons. The van der Waals surface area contributed by atoms with Gasteiger partial charge in [-0.3, -0.25) is 0 Å². The van der Waals surface area contributed by atoms with E-state index in [2.05, 4.69) is 48.5 Å². The summed E-state index contributed by atoms with van der Waals surface area (Å²) in [6, 6.07) is 0. The SMILES string of the molecule is CC[C@H]1CCC2=C3CC[C@@H]4[C@@]5(C)CCCC(C)(C)[C@H]5CC[C@@]4(C)[C@]3(C)CC[C@@]21C. The number of hydrogen-bond donors (Lipinski definition) is 0. The molecule has 0 radical (unpaired) electrons. The predicted octanol–water partition coefficient (Wildman–Crippen LogP) is 8.95. The first kappa shape index (κ1) is 20.6. The van der Waals surface area contributed by atoms with Crippen LogP contribution in [0.1, 0.15) is 126 Å². The Hall–Kier alpha value is -0.260. The zero-order chi connectivity index (χ0) is 20.9. The molecule has 0 aromatic carbocycles. The van der Waals surface area contributed by atoms with E-state index >= 15 is 0 Å². The average Bonchev–Trinajstić information content (AvgIpc) is 2.98. The van der Waals surface area contributed by atoms with E-state index in [0.717, 1.165) is 17.8 Å². The summed E-state index contributed by atoms with van der Waals surface area (Å²) in [6.45, 7) is 18.6. The first-order chi connectivity index (χ1) is 13.5. The highest BCUT2D eigenvalue weighted by molar-refractivity contribution is 5.38. The van der Waals surface area contributed by atoms with Gasteiger partial charge in [0.25, 0.3) is 0 Å². The van der Waals surface area contributed by atoms with Crippen molar-refractivity contribution in [1.29, 1.82) is 0 Å². The Bertz CT molecular complexity index is 726. The molecule has 0 aliphatic heterocycles. The fraction of sp³-hybridized carbons (Fsp3) is 0.931. The molecule has 0 amide bonds. The summed E-state index contributed by atoms with van der Waals surface area (Å²) in [7, 11) is 0. The maximum atomic E-state index is 2.77. The standard InChI is InChI=1S/C29H48/c1-8-20-10-11-21-22-12-13-24-27(5)16-9-15-25(2,3)23(27)14-17-29(24,7)28(22,6)19-18-26(20,21)4/h20,23-24H,8-19H2,1-7H3/t20-,23+,24+,26+,27-,28+,29+/m0/s1. The lowest BCUT2D eigenvalue weighted by Crippen LogP contribution is -2.62. The minimum absolute atomic E-state index is 0.475. The molecular formula is C29H48. The summed E-state index contributed by atoms with van der Waals surface area (Å²) in [5.41, 5.74) is 6.63. The summed E-state index contributed by atoms with van der Waals surface area (Å²) < 4.78 is 0. The molecule has 0 aromatic heterocycles. The van der Waals surface area contributed by atoms with Crippen LogP contribution in [0.5, 0.6) is 0 Å². The lowest BCUT2D eigenvalue weighted by atomic mass is 9.34. The third kappa shape index (κ3) is 2.39. The maximum Gasteiger partial charge on any atom is -0.00566 e. The number of allylic oxidation sites excluding steroid dienone is 2. The van der Waals surface area contributed by atoms with E-state index in [0.29, 0.717) is 27.1 Å². The largest absolute Gasteiger partial charge is 0.0651 e. The predicted molar refractivity (Wildman–Crippen MR) is 125 cm³/mol. The molecule has 0 N–H and O–H groups in total. The molecule has 0 aromatic rings. The molecule has 0 heteroatoms. The Morgan fingerprint density at radius 1 is 0.724 bits per heavy atom. The minimum atomic E-state index is 0.475. The Morgan fingerprint density at radius 2 is 1.45 bits per heavy atom. The van der Waals surface area contributed by atoms with Crippen LogP contribution in [0, 0.1) is 44.8 Å². The maximum absolute atomic E-state index is 2.77. The fourth-order valence-corrected chi connectivity index (χ4v) is 11.0. The van der Waals surface area contributed by atoms with Gasteiger partial charge in [0.1, 0.15) is 0 Å². The Balaban J connectivity index is 1.59. The highest BCUT2D eigenvalue weighted by atomic mass is 14.7. The molecule has 4 saturated carbocycles. The third-order valence-corrected chi connectivity index (χ3v) is 12.7. The normalized spacial score (nSPS) is 53.7. The van der Waals surface area contributed by atoms with Crippen LogP contribution >= 0.6 is 0 Å². The van der Waals surface area contributed by atoms with Crippen molar-refractivity contribution in [2.75, 3.05) is 0 Å². The average molecular weight is 397 g/mol. The van der Waals surface area contributed by atoms with Crippen LogP contribution in [-0.4, -0.2) is 0 Å². The van der Waals surface area contributed by atoms with E-state index in [1.807, 2.05) is 11.1 Å². The van der Waals surface area contributed by atoms with E-state index in [9.17, 15) is 0 Å². The van der Waals surface area contributed by atoms with Crippen LogP contribution in [0.15, 0.2) is 11.1 Å². The van der Waals surface area contributed by atoms with Crippen LogP contribution in [-0.2, 0) is 0 Å². The van der Waals surface area contributed by atoms with Gasteiger partial charge in [0.05, 0.1) is 0 Å². The van der Waals surface area contributed by atoms with Crippen molar-refractivity contribution < 1.29 is 0 Å². The Kier molecular flexibility index (Phi) is 4.38. The quantitative estimate of drug-likeness (QED) is 0.388. The molecule has 0 spiro atoms. The van der Waals surface area contributed by atoms with Crippen molar-refractivity contribution in [3.63, 3.8) is 0 Å². The van der Waals surface area contributed by atoms with E-state index < -0.39 is 0 Å². The second-order valence-electron chi connectivity index (χ2n) is 13.8. The van der Waals surface area contributed by atoms with E-state index in [1.165, 1.54) is 77.0 Å². The first-order valence-corrected chi connectivity index (χ1v) is 13.3. The molecule has 5 aliphatic rings. The zero-order valence-corrected chi connectivity index (χ0v) is 20.7. The van der Waals surface area contributed by atoms with Gasteiger partial charge in [0.2, 0.25) is 0 Å². The summed E-state index contributed by atoms with van der Waals surface area (Å²) in [5, 5.41) is 0. The van der Waals surface area contributed by atoms with Gasteiger partial charge in [0.15, 0.2) is 0 Å². The molecule has 0 saturated heterocycles. The van der Waals surface area contributed by atoms with Gasteiger partial charge >= 0.3 is 0 Å². The van der Waals surface area contributed by atoms with Gasteiger partial charge in [-0.05, 0) is 109 Å². The topological polar surface area (TPSA) is 0 Å². The van der Waals surface area contributed by atoms with Crippen LogP contribution in [0.25, 0.3) is 0 Å². The molecule has 0 bridgehead atoms. The van der Waals surface area contributed by atoms with Crippen molar-refractivity contribution in [1.82, 2.24) is 0 Å². The molecule has 0 heterocycles. The second kappa shape index (κ2) is 6.16. The van der Waals surface area contributed by atoms with E-state index in [1.54, 1.807) is 0 Å². The fourth-order valence-electron chi connectivity index (χ4n) is 11.0. The van der Waals surface area contributed by atoms with E-state index in [4.69, 9.17) is 0 Å². The van der Waals surface area contributed by atoms with Crippen LogP contribution in [0.2, 0.25) is 0 Å². The van der Waals surface area contributed by atoms with Crippen molar-refractivity contribution in [3.05, 3.63) is 11.1 Å². The van der Waals surface area contributed by atoms with Gasteiger partial charge in [-0.15, -0.1) is 0 Å². The number of rotatable bonds is 1. The molecular weight excluding hydrogens is 348 g/mol. The Morgan fingerprint density at radius 3 is 2.17 bits per heavy atom. The lowest BCUT2D eigenvalue weighted by Gasteiger charge is -2.70. The molecule has 5 rings (SSSR count). The van der Waals surface area contributed by atoms with Crippen LogP contribution < -0.4 is 0 Å². The molecule has 5 aliphatic carbocycles. The highest BCUT2D eigenvalue weighted by Crippen LogP contribution is 2.75. The Labute approximate surface area is 181 Å². The summed E-state index contributed by atoms with van der Waals surface area (Å²) in [5.74, 6) is 2.84. The summed E-state index contributed by atoms with van der Waals surface area (Å²) in [6.07, 6.45) is 17.5. The van der Waals surface area contributed by atoms with Crippen molar-refractivity contribution >= 4 is 0 Å². The van der Waals surface area contributed by atoms with E-state index in [-0.39, 0.29) is 0 Å². The smallest absolute Gasteiger partial charge is 0.00566 e. The lowest BCUT2D eigenvalue weighted by molar-refractivity contribution is -0.179. The second-order valence-corrected chi connectivity index (χ2v) is 13.8. The molecule has 0 unspecified atom stereocenters. The van der Waals surface area contributed by atoms with Gasteiger partial charge in [-0.2, -0.15) is 0 Å². The van der Waals surface area contributed by atoms with Crippen LogP contribution in [0.4, 0.5) is 0 Å². The highest BCUT2D eigenvalue weighted by Gasteiger charge is 2.66. The van der Waals surface area contributed by atoms with Crippen molar-refractivity contribution in [3.8, 4) is 0 Å². The minimum Gasteiger partial charge on any atom is -0.0651 e. The third-order valence-electron chi connectivity index (χ3n) is 12.7. The van der Waals surface area contributed by atoms with Gasteiger partial charge in [-0.1, -0.05) is 72.5 Å². The zero-order valence-electron chi connectivity index (χ0n) is 20.7. The number of fused-ring (bicyclic) bond motifs is 6. The first-order valence-electron chi connectivity index (χ1n) is 13.3. The van der Waals surface area contributed by atoms with Crippen molar-refractivity contribution in [2.24, 2.45) is 44.8 Å². The van der Waals surface area contributed by atoms with Crippen molar-refractivity contribution in [2.45, 2.75) is 126 Å². The van der Waals surface area contributed by atoms with Crippen LogP contribution in [0.3, 0.4) is 0 Å². The molecule has 4 fully saturated rings. The molecule has 29 heavy (non-hydrogen) atoms. The van der Waals surface area contributed by atoms with Gasteiger partial charge in [-0.25, -0.2) is 0 Å². The van der Waals surface area contributed by atoms with Gasteiger partial charge < -0.3 is 0 Å². The van der Waals surface area contributed by atoms with Gasteiger partial charge in [0, 0.05) is 0 Å².